The molecule has 14 aromatic rings. The van der Waals surface area contributed by atoms with Gasteiger partial charge in [0.1, 0.15) is 11.2 Å². The maximum atomic E-state index is 6.60. The topological polar surface area (TPSA) is 18.1 Å². The molecule has 0 fully saturated rings. The molecule has 1 aliphatic rings. The molecule has 0 amide bonds. The third kappa shape index (κ3) is 6.81. The van der Waals surface area contributed by atoms with Crippen molar-refractivity contribution in [2.45, 2.75) is 11.3 Å². The second kappa shape index (κ2) is 17.7. The average molecular weight is 968 g/mol. The molecule has 12 aromatic carbocycles. The van der Waals surface area contributed by atoms with Crippen LogP contribution in [0.5, 0.6) is 0 Å². The summed E-state index contributed by atoms with van der Waals surface area (Å²) in [4.78, 5) is 0. The largest absolute Gasteiger partial charge is 0.455 e. The highest BCUT2D eigenvalue weighted by molar-refractivity contribution is 6.11. The lowest BCUT2D eigenvalue weighted by molar-refractivity contribution is 0.670. The molecule has 76 heavy (non-hydrogen) atoms. The van der Waals surface area contributed by atoms with Gasteiger partial charge < -0.3 is 8.98 Å². The molecule has 0 N–H and O–H groups in total. The Morgan fingerprint density at radius 2 is 0.855 bits per heavy atom. The van der Waals surface area contributed by atoms with Gasteiger partial charge in [-0.15, -0.1) is 0 Å². The molecule has 0 spiro atoms. The summed E-state index contributed by atoms with van der Waals surface area (Å²) < 4.78 is 9.00. The number of rotatable bonds is 9. The highest BCUT2D eigenvalue weighted by atomic mass is 16.3. The maximum Gasteiger partial charge on any atom is 0.143 e. The van der Waals surface area contributed by atoms with Crippen LogP contribution in [0, 0.1) is 0 Å². The van der Waals surface area contributed by atoms with Gasteiger partial charge in [-0.3, -0.25) is 0 Å². The van der Waals surface area contributed by atoms with Gasteiger partial charge in [-0.25, -0.2) is 0 Å². The van der Waals surface area contributed by atoms with Gasteiger partial charge in [-0.05, 0) is 114 Å². The van der Waals surface area contributed by atoms with Crippen LogP contribution in [0.15, 0.2) is 296 Å². The summed E-state index contributed by atoms with van der Waals surface area (Å²) in [5.41, 5.74) is 23.2. The van der Waals surface area contributed by atoms with Gasteiger partial charge in [0.2, 0.25) is 0 Å². The molecule has 0 bridgehead atoms. The van der Waals surface area contributed by atoms with Gasteiger partial charge >= 0.3 is 0 Å². The molecule has 1 aliphatic carbocycles. The number of fused-ring (bicyclic) bond motifs is 9. The molecule has 2 nitrogen and oxygen atoms in total. The van der Waals surface area contributed by atoms with Crippen LogP contribution in [0.4, 0.5) is 0 Å². The van der Waals surface area contributed by atoms with Crippen molar-refractivity contribution in [1.29, 1.82) is 0 Å². The van der Waals surface area contributed by atoms with Crippen LogP contribution < -0.4 is 0 Å². The number of para-hydroxylation sites is 3. The molecule has 0 saturated carbocycles. The van der Waals surface area contributed by atoms with Crippen molar-refractivity contribution in [3.05, 3.63) is 330 Å². The summed E-state index contributed by atoms with van der Waals surface area (Å²) in [7, 11) is 0. The minimum absolute atomic E-state index is 0.0896. The molecule has 0 aliphatic heterocycles. The minimum Gasteiger partial charge on any atom is -0.455 e. The predicted octanol–water partition coefficient (Wildman–Crippen LogP) is 19.2. The van der Waals surface area contributed by atoms with E-state index in [9.17, 15) is 0 Å². The van der Waals surface area contributed by atoms with Gasteiger partial charge in [-0.2, -0.15) is 0 Å². The molecule has 1 atom stereocenters. The highest BCUT2D eigenvalue weighted by Crippen LogP contribution is 2.58. The second-order valence-corrected chi connectivity index (χ2v) is 20.3. The Balaban J connectivity index is 0.890. The van der Waals surface area contributed by atoms with E-state index in [-0.39, 0.29) is 5.92 Å². The Hall–Kier alpha value is -9.76. The molecule has 0 radical (unpaired) electrons. The first-order valence-electron chi connectivity index (χ1n) is 26.3. The van der Waals surface area contributed by atoms with Crippen molar-refractivity contribution in [2.75, 3.05) is 0 Å². The maximum absolute atomic E-state index is 6.60. The fourth-order valence-corrected chi connectivity index (χ4v) is 12.9. The van der Waals surface area contributed by atoms with Gasteiger partial charge in [0.25, 0.3) is 0 Å². The van der Waals surface area contributed by atoms with Crippen LogP contribution in [-0.4, -0.2) is 4.57 Å². The molecule has 1 unspecified atom stereocenters. The Morgan fingerprint density at radius 3 is 1.57 bits per heavy atom. The molecule has 2 aromatic heterocycles. The first-order valence-corrected chi connectivity index (χ1v) is 26.3. The van der Waals surface area contributed by atoms with E-state index in [0.717, 1.165) is 49.9 Å². The Labute approximate surface area is 442 Å². The fraction of sp³-hybridized carbons (Fsp3) is 0.0270. The van der Waals surface area contributed by atoms with Gasteiger partial charge in [0.05, 0.1) is 16.4 Å². The van der Waals surface area contributed by atoms with E-state index in [0.29, 0.717) is 0 Å². The van der Waals surface area contributed by atoms with Crippen molar-refractivity contribution in [3.63, 3.8) is 0 Å². The van der Waals surface area contributed by atoms with Crippen LogP contribution in [0.2, 0.25) is 0 Å². The molecule has 2 heterocycles. The van der Waals surface area contributed by atoms with Gasteiger partial charge in [-0.1, -0.05) is 255 Å². The number of benzene rings is 12. The molecular formula is C74H49NO. The standard InChI is InChI=1S/C74H49NO/c1-5-19-51(20-6-1)59-29-17-30-62-65-47-54(44-46-70(65)76-73(59)62)49-35-39-52(40-36-49)71(53-41-37-50(38-42-53)55-43-45-61-60-27-14-16-34-68(60)75(69(61)48-55)58-25-11-4-12-26-58)64-31-18-33-67-72(64)63-28-13-15-32-66(63)74(67,56-21-7-2-8-22-56)57-23-9-3-10-24-57/h1-48,71H. The molecule has 2 heteroatoms. The third-order valence-electron chi connectivity index (χ3n) is 16.3. The lowest BCUT2D eigenvalue weighted by Crippen LogP contribution is -2.28. The summed E-state index contributed by atoms with van der Waals surface area (Å²) >= 11 is 0. The van der Waals surface area contributed by atoms with Crippen molar-refractivity contribution in [3.8, 4) is 50.2 Å². The molecular weight excluding hydrogens is 919 g/mol. The summed E-state index contributed by atoms with van der Waals surface area (Å²) in [6.45, 7) is 0. The zero-order valence-corrected chi connectivity index (χ0v) is 41.6. The van der Waals surface area contributed by atoms with Crippen molar-refractivity contribution >= 4 is 43.7 Å². The van der Waals surface area contributed by atoms with E-state index in [2.05, 4.69) is 296 Å². The monoisotopic (exact) mass is 967 g/mol. The number of nitrogens with zero attached hydrogens (tertiary/aromatic N) is 1. The van der Waals surface area contributed by atoms with Gasteiger partial charge in [0.15, 0.2) is 0 Å². The first-order chi connectivity index (χ1) is 37.7. The second-order valence-electron chi connectivity index (χ2n) is 20.3. The van der Waals surface area contributed by atoms with Crippen molar-refractivity contribution in [1.82, 2.24) is 4.57 Å². The minimum atomic E-state index is -0.513. The smallest absolute Gasteiger partial charge is 0.143 e. The van der Waals surface area contributed by atoms with E-state index < -0.39 is 5.41 Å². The van der Waals surface area contributed by atoms with Crippen molar-refractivity contribution in [2.24, 2.45) is 0 Å². The fourth-order valence-electron chi connectivity index (χ4n) is 12.9. The highest BCUT2D eigenvalue weighted by Gasteiger charge is 2.47. The van der Waals surface area contributed by atoms with E-state index in [1.54, 1.807) is 0 Å². The van der Waals surface area contributed by atoms with Gasteiger partial charge in [0, 0.05) is 38.7 Å². The van der Waals surface area contributed by atoms with Crippen molar-refractivity contribution < 1.29 is 4.42 Å². The number of furan rings is 1. The van der Waals surface area contributed by atoms with E-state index in [1.807, 2.05) is 0 Å². The Bertz CT molecular complexity index is 4440. The zero-order valence-electron chi connectivity index (χ0n) is 41.6. The lowest BCUT2D eigenvalue weighted by atomic mass is 9.67. The summed E-state index contributed by atoms with van der Waals surface area (Å²) in [6, 6.07) is 107. The third-order valence-corrected chi connectivity index (χ3v) is 16.3. The van der Waals surface area contributed by atoms with Crippen LogP contribution in [0.25, 0.3) is 93.9 Å². The van der Waals surface area contributed by atoms with Crippen LogP contribution in [-0.2, 0) is 5.41 Å². The van der Waals surface area contributed by atoms with Crippen LogP contribution in [0.1, 0.15) is 44.9 Å². The van der Waals surface area contributed by atoms with E-state index in [4.69, 9.17) is 4.42 Å². The van der Waals surface area contributed by atoms with E-state index in [1.165, 1.54) is 83.0 Å². The van der Waals surface area contributed by atoms with E-state index >= 15 is 0 Å². The molecule has 15 rings (SSSR count). The normalized spacial score (nSPS) is 13.1. The lowest BCUT2D eigenvalue weighted by Gasteiger charge is -2.34. The Kier molecular flexibility index (Phi) is 10.2. The predicted molar refractivity (Wildman–Crippen MR) is 316 cm³/mol. The molecule has 0 saturated heterocycles. The summed E-state index contributed by atoms with van der Waals surface area (Å²) in [6.07, 6.45) is 0. The van der Waals surface area contributed by atoms with Crippen LogP contribution >= 0.6 is 0 Å². The summed E-state index contributed by atoms with van der Waals surface area (Å²) in [5.74, 6) is -0.0896. The zero-order chi connectivity index (χ0) is 50.2. The number of aromatic nitrogens is 1. The number of hydrogen-bond acceptors (Lipinski definition) is 1. The number of hydrogen-bond donors (Lipinski definition) is 0. The first kappa shape index (κ1) is 43.8. The summed E-state index contributed by atoms with van der Waals surface area (Å²) in [5, 5.41) is 4.74. The molecule has 356 valence electrons. The quantitative estimate of drug-likeness (QED) is 0.132. The average Bonchev–Trinajstić information content (AvgIpc) is 4.18. The van der Waals surface area contributed by atoms with Crippen LogP contribution in [0.3, 0.4) is 0 Å². The SMILES string of the molecule is c1ccc(-c2cccc3c2oc2ccc(-c4ccc(C(c5ccc(-c6ccc7c8ccccc8n(-c8ccccc8)c7c6)cc5)c5cccc6c5-c5ccccc5C6(c5ccccc5)c5ccccc5)cc4)cc23)cc1. The Morgan fingerprint density at radius 1 is 0.329 bits per heavy atom.